The molecule has 0 atom stereocenters. The molecular weight excluding hydrogens is 428 g/mol. The molecule has 2 saturated heterocycles. The van der Waals surface area contributed by atoms with E-state index in [4.69, 9.17) is 4.74 Å². The van der Waals surface area contributed by atoms with Gasteiger partial charge in [0.2, 0.25) is 21.8 Å². The summed E-state index contributed by atoms with van der Waals surface area (Å²) in [5.41, 5.74) is 0.976. The lowest BCUT2D eigenvalue weighted by Gasteiger charge is -2.26. The Morgan fingerprint density at radius 2 is 2.03 bits per heavy atom. The topological polar surface area (TPSA) is 109 Å². The molecule has 0 unspecified atom stereocenters. The molecule has 0 aliphatic carbocycles. The van der Waals surface area contributed by atoms with E-state index in [0.29, 0.717) is 55.8 Å². The van der Waals surface area contributed by atoms with Gasteiger partial charge in [0.25, 0.3) is 0 Å². The molecule has 2 amide bonds. The van der Waals surface area contributed by atoms with Crippen molar-refractivity contribution in [1.82, 2.24) is 9.29 Å². The Bertz CT molecular complexity index is 1050. The number of hydrogen-bond acceptors (Lipinski definition) is 7. The van der Waals surface area contributed by atoms with Crippen LogP contribution in [0.25, 0.3) is 0 Å². The molecule has 30 heavy (non-hydrogen) atoms. The number of carbonyl (C=O) groups is 2. The molecule has 2 fully saturated rings. The van der Waals surface area contributed by atoms with Crippen molar-refractivity contribution < 1.29 is 22.7 Å². The van der Waals surface area contributed by atoms with Crippen molar-refractivity contribution in [3.8, 4) is 0 Å². The van der Waals surface area contributed by atoms with Crippen molar-refractivity contribution in [3.63, 3.8) is 0 Å². The minimum Gasteiger partial charge on any atom is -0.379 e. The van der Waals surface area contributed by atoms with Gasteiger partial charge in [0.15, 0.2) is 5.13 Å². The maximum absolute atomic E-state index is 12.8. The van der Waals surface area contributed by atoms with Gasteiger partial charge in [0, 0.05) is 37.1 Å². The molecule has 11 heteroatoms. The lowest BCUT2D eigenvalue weighted by Crippen LogP contribution is -2.40. The Balaban J connectivity index is 1.41. The third kappa shape index (κ3) is 4.53. The molecule has 9 nitrogen and oxygen atoms in total. The van der Waals surface area contributed by atoms with Gasteiger partial charge < -0.3 is 10.1 Å². The average molecular weight is 451 g/mol. The summed E-state index contributed by atoms with van der Waals surface area (Å²) in [6.45, 7) is 2.01. The summed E-state index contributed by atoms with van der Waals surface area (Å²) in [7, 11) is -3.64. The van der Waals surface area contributed by atoms with Gasteiger partial charge in [-0.25, -0.2) is 13.4 Å². The van der Waals surface area contributed by atoms with Gasteiger partial charge in [-0.2, -0.15) is 4.31 Å². The fourth-order valence-corrected chi connectivity index (χ4v) is 5.71. The van der Waals surface area contributed by atoms with Crippen molar-refractivity contribution in [1.29, 1.82) is 0 Å². The van der Waals surface area contributed by atoms with Gasteiger partial charge in [0.1, 0.15) is 0 Å². The number of anilines is 2. The molecule has 0 saturated carbocycles. The summed E-state index contributed by atoms with van der Waals surface area (Å²) in [4.78, 5) is 30.4. The van der Waals surface area contributed by atoms with Gasteiger partial charge in [-0.05, 0) is 24.6 Å². The second kappa shape index (κ2) is 8.80. The number of benzene rings is 1. The number of rotatable bonds is 6. The van der Waals surface area contributed by atoms with E-state index in [1.54, 1.807) is 22.4 Å². The Labute approximate surface area is 178 Å². The lowest BCUT2D eigenvalue weighted by atomic mass is 10.3. The molecule has 2 aliphatic rings. The zero-order valence-electron chi connectivity index (χ0n) is 16.2. The number of hydrogen-bond donors (Lipinski definition) is 1. The van der Waals surface area contributed by atoms with Crippen LogP contribution in [0.4, 0.5) is 10.8 Å². The second-order valence-corrected chi connectivity index (χ2v) is 9.81. The highest BCUT2D eigenvalue weighted by Gasteiger charge is 2.27. The summed E-state index contributed by atoms with van der Waals surface area (Å²) < 4.78 is 32.2. The van der Waals surface area contributed by atoms with Gasteiger partial charge in [-0.3, -0.25) is 14.5 Å². The second-order valence-electron chi connectivity index (χ2n) is 7.04. The van der Waals surface area contributed by atoms with Crippen molar-refractivity contribution >= 4 is 44.0 Å². The first-order valence-electron chi connectivity index (χ1n) is 9.66. The number of thiazole rings is 1. The number of nitrogens with zero attached hydrogens (tertiary/aromatic N) is 3. The molecule has 0 bridgehead atoms. The highest BCUT2D eigenvalue weighted by molar-refractivity contribution is 7.89. The van der Waals surface area contributed by atoms with Crippen LogP contribution in [0.15, 0.2) is 34.5 Å². The molecule has 2 aliphatic heterocycles. The third-order valence-electron chi connectivity index (χ3n) is 4.91. The molecule has 160 valence electrons. The SMILES string of the molecule is O=C(Cc1csc(N2CCCC2=O)n1)Nc1cccc(S(=O)(=O)N2CCOCC2)c1. The van der Waals surface area contributed by atoms with E-state index in [2.05, 4.69) is 10.3 Å². The van der Waals surface area contributed by atoms with Gasteiger partial charge in [-0.1, -0.05) is 6.07 Å². The first-order chi connectivity index (χ1) is 14.4. The van der Waals surface area contributed by atoms with Crippen LogP contribution in [-0.4, -0.2) is 62.4 Å². The van der Waals surface area contributed by atoms with E-state index in [0.717, 1.165) is 6.42 Å². The van der Waals surface area contributed by atoms with Crippen LogP contribution in [0.2, 0.25) is 0 Å². The predicted octanol–water partition coefficient (Wildman–Crippen LogP) is 1.47. The smallest absolute Gasteiger partial charge is 0.243 e. The summed E-state index contributed by atoms with van der Waals surface area (Å²) in [5, 5.41) is 5.10. The van der Waals surface area contributed by atoms with Crippen molar-refractivity contribution in [2.75, 3.05) is 43.1 Å². The van der Waals surface area contributed by atoms with Gasteiger partial charge in [0.05, 0.1) is 30.2 Å². The molecule has 1 N–H and O–H groups in total. The number of nitrogens with one attached hydrogen (secondary N) is 1. The Morgan fingerprint density at radius 1 is 1.23 bits per heavy atom. The largest absolute Gasteiger partial charge is 0.379 e. The molecular formula is C19H22N4O5S2. The summed E-state index contributed by atoms with van der Waals surface area (Å²) in [6.07, 6.45) is 1.38. The van der Waals surface area contributed by atoms with Crippen LogP contribution in [0.3, 0.4) is 0 Å². The molecule has 2 aromatic rings. The molecule has 4 rings (SSSR count). The normalized spacial score (nSPS) is 18.0. The zero-order chi connectivity index (χ0) is 21.1. The highest BCUT2D eigenvalue weighted by atomic mass is 32.2. The molecule has 3 heterocycles. The van der Waals surface area contributed by atoms with Crippen LogP contribution in [-0.2, 0) is 30.8 Å². The fourth-order valence-electron chi connectivity index (χ4n) is 3.39. The van der Waals surface area contributed by atoms with Crippen LogP contribution in [0.1, 0.15) is 18.5 Å². The summed E-state index contributed by atoms with van der Waals surface area (Å²) >= 11 is 1.34. The number of sulfonamides is 1. The number of aromatic nitrogens is 1. The quantitative estimate of drug-likeness (QED) is 0.714. The van der Waals surface area contributed by atoms with Crippen LogP contribution >= 0.6 is 11.3 Å². The van der Waals surface area contributed by atoms with Gasteiger partial charge >= 0.3 is 0 Å². The molecule has 0 spiro atoms. The Hall–Kier alpha value is -2.34. The number of morpholine rings is 1. The first-order valence-corrected chi connectivity index (χ1v) is 12.0. The van der Waals surface area contributed by atoms with E-state index in [9.17, 15) is 18.0 Å². The number of carbonyl (C=O) groups excluding carboxylic acids is 2. The van der Waals surface area contributed by atoms with Crippen LogP contribution < -0.4 is 10.2 Å². The maximum atomic E-state index is 12.8. The van der Waals surface area contributed by atoms with Crippen molar-refractivity contribution in [2.45, 2.75) is 24.2 Å². The van der Waals surface area contributed by atoms with Crippen molar-refractivity contribution in [3.05, 3.63) is 35.3 Å². The fraction of sp³-hybridized carbons (Fsp3) is 0.421. The number of amides is 2. The summed E-state index contributed by atoms with van der Waals surface area (Å²) in [5.74, 6) is -0.251. The van der Waals surface area contributed by atoms with Crippen LogP contribution in [0, 0.1) is 0 Å². The molecule has 1 aromatic carbocycles. The predicted molar refractivity (Wildman–Crippen MR) is 112 cm³/mol. The Kier molecular flexibility index (Phi) is 6.14. The monoisotopic (exact) mass is 450 g/mol. The van der Waals surface area contributed by atoms with E-state index in [1.807, 2.05) is 0 Å². The highest BCUT2D eigenvalue weighted by Crippen LogP contribution is 2.26. The van der Waals surface area contributed by atoms with Gasteiger partial charge in [-0.15, -0.1) is 11.3 Å². The maximum Gasteiger partial charge on any atom is 0.243 e. The van der Waals surface area contributed by atoms with E-state index >= 15 is 0 Å². The molecule has 1 aromatic heterocycles. The van der Waals surface area contributed by atoms with E-state index in [-0.39, 0.29) is 23.1 Å². The number of ether oxygens (including phenoxy) is 1. The van der Waals surface area contributed by atoms with E-state index < -0.39 is 10.0 Å². The standard InChI is InChI=1S/C19H22N4O5S2/c24-17(12-15-13-29-19(21-15)23-6-2-5-18(23)25)20-14-3-1-4-16(11-14)30(26,27)22-7-9-28-10-8-22/h1,3-4,11,13H,2,5-10,12H2,(H,20,24). The molecule has 0 radical (unpaired) electrons. The summed E-state index contributed by atoms with van der Waals surface area (Å²) in [6, 6.07) is 6.22. The minimum atomic E-state index is -3.64. The third-order valence-corrected chi connectivity index (χ3v) is 7.72. The lowest BCUT2D eigenvalue weighted by molar-refractivity contribution is -0.117. The van der Waals surface area contributed by atoms with Crippen LogP contribution in [0.5, 0.6) is 0 Å². The first kappa shape index (κ1) is 20.9. The average Bonchev–Trinajstić information content (AvgIpc) is 3.37. The zero-order valence-corrected chi connectivity index (χ0v) is 17.9. The Morgan fingerprint density at radius 3 is 2.77 bits per heavy atom. The van der Waals surface area contributed by atoms with E-state index in [1.165, 1.54) is 27.8 Å². The minimum absolute atomic E-state index is 0.0406. The van der Waals surface area contributed by atoms with Crippen molar-refractivity contribution in [2.24, 2.45) is 0 Å².